The zero-order valence-electron chi connectivity index (χ0n) is 4.95. The van der Waals surface area contributed by atoms with Gasteiger partial charge in [-0.05, 0) is 12.8 Å². The molecule has 0 bridgehead atoms. The maximum Gasteiger partial charge on any atom is 0.133 e. The minimum Gasteiger partial charge on any atom is -0.358 e. The van der Waals surface area contributed by atoms with Crippen LogP contribution in [-0.2, 0) is 20.4 Å². The number of rotatable bonds is 0. The Labute approximate surface area is 80.2 Å². The van der Waals surface area contributed by atoms with Gasteiger partial charge in [0.25, 0.3) is 0 Å². The molecule has 0 spiro atoms. The number of hydrogen-bond acceptors (Lipinski definition) is 1. The smallest absolute Gasteiger partial charge is 0.133 e. The van der Waals surface area contributed by atoms with Crippen LogP contribution in [0.5, 0.6) is 0 Å². The van der Waals surface area contributed by atoms with E-state index in [1.165, 1.54) is 12.8 Å². The SMILES string of the molecule is S=C(S)N1CCCC1.[Pd]. The molecule has 0 saturated carbocycles. The molecule has 0 radical (unpaired) electrons. The van der Waals surface area contributed by atoms with Crippen molar-refractivity contribution in [1.29, 1.82) is 0 Å². The average molecular weight is 254 g/mol. The third-order valence-corrected chi connectivity index (χ3v) is 1.92. The number of thiol groups is 1. The summed E-state index contributed by atoms with van der Waals surface area (Å²) >= 11 is 8.90. The summed E-state index contributed by atoms with van der Waals surface area (Å²) in [6.07, 6.45) is 2.56. The standard InChI is InChI=1S/C5H9NS2.Pd/c7-5(8)6-3-1-2-4-6;/h1-4H2,(H,7,8);. The zero-order valence-corrected chi connectivity index (χ0v) is 8.21. The minimum atomic E-state index is 0. The molecule has 0 N–H and O–H groups in total. The Morgan fingerprint density at radius 1 is 1.33 bits per heavy atom. The monoisotopic (exact) mass is 253 g/mol. The largest absolute Gasteiger partial charge is 0.358 e. The van der Waals surface area contributed by atoms with Crippen molar-refractivity contribution >= 4 is 29.2 Å². The van der Waals surface area contributed by atoms with E-state index in [2.05, 4.69) is 17.5 Å². The van der Waals surface area contributed by atoms with Crippen LogP contribution >= 0.6 is 24.8 Å². The fraction of sp³-hybridized carbons (Fsp3) is 0.800. The maximum absolute atomic E-state index is 4.85. The first-order valence-electron chi connectivity index (χ1n) is 2.78. The van der Waals surface area contributed by atoms with Gasteiger partial charge in [0.15, 0.2) is 0 Å². The molecule has 0 unspecified atom stereocenters. The average Bonchev–Trinajstić information content (AvgIpc) is 2.12. The third-order valence-electron chi connectivity index (χ3n) is 1.38. The van der Waals surface area contributed by atoms with Crippen molar-refractivity contribution in [2.45, 2.75) is 12.8 Å². The number of hydrogen-bond donors (Lipinski definition) is 1. The second kappa shape index (κ2) is 4.68. The molecule has 1 nitrogen and oxygen atoms in total. The van der Waals surface area contributed by atoms with E-state index in [4.69, 9.17) is 12.2 Å². The summed E-state index contributed by atoms with van der Waals surface area (Å²) < 4.78 is 0.752. The van der Waals surface area contributed by atoms with Crippen molar-refractivity contribution in [2.24, 2.45) is 0 Å². The molecule has 0 aromatic heterocycles. The summed E-state index contributed by atoms with van der Waals surface area (Å²) in [7, 11) is 0. The van der Waals surface area contributed by atoms with Crippen LogP contribution in [0.25, 0.3) is 0 Å². The quantitative estimate of drug-likeness (QED) is 0.394. The van der Waals surface area contributed by atoms with E-state index in [1.807, 2.05) is 0 Å². The Kier molecular flexibility index (Phi) is 5.15. The Bertz CT molecular complexity index is 101. The molecule has 1 rings (SSSR count). The third kappa shape index (κ3) is 2.99. The van der Waals surface area contributed by atoms with Gasteiger partial charge in [-0.15, -0.1) is 12.6 Å². The van der Waals surface area contributed by atoms with Crippen LogP contribution in [0.3, 0.4) is 0 Å². The van der Waals surface area contributed by atoms with E-state index in [1.54, 1.807) is 0 Å². The molecule has 0 amide bonds. The van der Waals surface area contributed by atoms with Gasteiger partial charge < -0.3 is 4.90 Å². The molecule has 1 aliphatic heterocycles. The van der Waals surface area contributed by atoms with Crippen LogP contribution in [0.2, 0.25) is 0 Å². The second-order valence-corrected chi connectivity index (χ2v) is 3.09. The van der Waals surface area contributed by atoms with Crippen molar-refractivity contribution in [3.8, 4) is 0 Å². The number of thiocarbonyl (C=S) groups is 1. The Morgan fingerprint density at radius 2 is 1.78 bits per heavy atom. The van der Waals surface area contributed by atoms with Gasteiger partial charge in [0.05, 0.1) is 0 Å². The summed E-state index contributed by atoms with van der Waals surface area (Å²) in [5, 5.41) is 0. The molecular formula is C5H9NPdS2. The van der Waals surface area contributed by atoms with Crippen LogP contribution in [-0.4, -0.2) is 22.3 Å². The molecule has 0 atom stereocenters. The predicted molar refractivity (Wildman–Crippen MR) is 42.4 cm³/mol. The molecule has 56 valence electrons. The Hall–Kier alpha value is 0.902. The maximum atomic E-state index is 4.85. The molecular weight excluding hydrogens is 245 g/mol. The van der Waals surface area contributed by atoms with E-state index in [0.29, 0.717) is 0 Å². The summed E-state index contributed by atoms with van der Waals surface area (Å²) in [5.41, 5.74) is 0. The minimum absolute atomic E-state index is 0. The van der Waals surface area contributed by atoms with Crippen molar-refractivity contribution in [3.63, 3.8) is 0 Å². The van der Waals surface area contributed by atoms with Gasteiger partial charge in [0.2, 0.25) is 0 Å². The number of nitrogens with zero attached hydrogens (tertiary/aromatic N) is 1. The van der Waals surface area contributed by atoms with Crippen molar-refractivity contribution < 1.29 is 20.4 Å². The van der Waals surface area contributed by atoms with Crippen molar-refractivity contribution in [1.82, 2.24) is 4.90 Å². The van der Waals surface area contributed by atoms with E-state index in [0.717, 1.165) is 17.4 Å². The topological polar surface area (TPSA) is 3.24 Å². The van der Waals surface area contributed by atoms with Crippen LogP contribution < -0.4 is 0 Å². The second-order valence-electron chi connectivity index (χ2n) is 1.98. The van der Waals surface area contributed by atoms with Crippen molar-refractivity contribution in [3.05, 3.63) is 0 Å². The molecule has 1 fully saturated rings. The van der Waals surface area contributed by atoms with Gasteiger partial charge in [0.1, 0.15) is 4.32 Å². The van der Waals surface area contributed by atoms with Gasteiger partial charge in [-0.2, -0.15) is 0 Å². The predicted octanol–water partition coefficient (Wildman–Crippen LogP) is 1.29. The van der Waals surface area contributed by atoms with Crippen LogP contribution in [0.4, 0.5) is 0 Å². The van der Waals surface area contributed by atoms with E-state index in [9.17, 15) is 0 Å². The van der Waals surface area contributed by atoms with Gasteiger partial charge in [-0.25, -0.2) is 0 Å². The Morgan fingerprint density at radius 3 is 2.00 bits per heavy atom. The fourth-order valence-electron chi connectivity index (χ4n) is 0.908. The van der Waals surface area contributed by atoms with Crippen LogP contribution in [0.15, 0.2) is 0 Å². The van der Waals surface area contributed by atoms with E-state index < -0.39 is 0 Å². The summed E-state index contributed by atoms with van der Waals surface area (Å²) in [6, 6.07) is 0. The normalized spacial score (nSPS) is 17.2. The molecule has 0 aromatic carbocycles. The van der Waals surface area contributed by atoms with Gasteiger partial charge in [-0.3, -0.25) is 0 Å². The van der Waals surface area contributed by atoms with Gasteiger partial charge >= 0.3 is 0 Å². The summed E-state index contributed by atoms with van der Waals surface area (Å²) in [4.78, 5) is 2.12. The Balaban J connectivity index is 0.000000640. The van der Waals surface area contributed by atoms with Crippen molar-refractivity contribution in [2.75, 3.05) is 13.1 Å². The molecule has 9 heavy (non-hydrogen) atoms. The number of likely N-dealkylation sites (tertiary alicyclic amines) is 1. The van der Waals surface area contributed by atoms with Crippen LogP contribution in [0, 0.1) is 0 Å². The first-order chi connectivity index (χ1) is 3.80. The molecule has 1 aliphatic rings. The molecule has 4 heteroatoms. The summed E-state index contributed by atoms with van der Waals surface area (Å²) in [6.45, 7) is 2.23. The molecule has 1 heterocycles. The first-order valence-corrected chi connectivity index (χ1v) is 3.64. The summed E-state index contributed by atoms with van der Waals surface area (Å²) in [5.74, 6) is 0. The van der Waals surface area contributed by atoms with Crippen LogP contribution in [0.1, 0.15) is 12.8 Å². The zero-order chi connectivity index (χ0) is 5.98. The molecule has 0 aromatic rings. The molecule has 1 saturated heterocycles. The van der Waals surface area contributed by atoms with E-state index in [-0.39, 0.29) is 20.4 Å². The van der Waals surface area contributed by atoms with E-state index >= 15 is 0 Å². The first kappa shape index (κ1) is 9.90. The van der Waals surface area contributed by atoms with Gasteiger partial charge in [0, 0.05) is 33.5 Å². The molecule has 0 aliphatic carbocycles. The fourth-order valence-corrected chi connectivity index (χ4v) is 1.29. The van der Waals surface area contributed by atoms with Gasteiger partial charge in [-0.1, -0.05) is 12.2 Å².